The Bertz CT molecular complexity index is 788. The molecular formula is C22H29IN4O2. The first-order valence-electron chi connectivity index (χ1n) is 9.62. The van der Waals surface area contributed by atoms with Crippen molar-refractivity contribution in [1.82, 2.24) is 15.5 Å². The number of fused-ring (bicyclic) bond motifs is 1. The summed E-state index contributed by atoms with van der Waals surface area (Å²) in [7, 11) is 3.56. The number of hydrogen-bond donors (Lipinski definition) is 2. The average Bonchev–Trinajstić information content (AvgIpc) is 3.14. The SMILES string of the molecule is CN=C(NCCC(=O)N(C)Cc1ccccc1)NCC1Cc2ccccc2O1.I. The number of amides is 1. The summed E-state index contributed by atoms with van der Waals surface area (Å²) in [5.41, 5.74) is 2.37. The molecule has 0 fully saturated rings. The van der Waals surface area contributed by atoms with Crippen molar-refractivity contribution in [2.24, 2.45) is 4.99 Å². The van der Waals surface area contributed by atoms with Crippen molar-refractivity contribution in [3.8, 4) is 5.75 Å². The highest BCUT2D eigenvalue weighted by Gasteiger charge is 2.22. The minimum Gasteiger partial charge on any atom is -0.488 e. The molecule has 7 heteroatoms. The van der Waals surface area contributed by atoms with E-state index in [2.05, 4.69) is 21.7 Å². The first-order valence-corrected chi connectivity index (χ1v) is 9.62. The standard InChI is InChI=1S/C22H28N4O2.HI/c1-23-22(25-15-19-14-18-10-6-7-11-20(18)28-19)24-13-12-21(27)26(2)16-17-8-4-3-5-9-17;/h3-11,19H,12-16H2,1-2H3,(H2,23,24,25);1H. The molecule has 1 unspecified atom stereocenters. The van der Waals surface area contributed by atoms with E-state index in [9.17, 15) is 4.79 Å². The highest BCUT2D eigenvalue weighted by molar-refractivity contribution is 14.0. The van der Waals surface area contributed by atoms with Crippen molar-refractivity contribution >= 4 is 35.8 Å². The Morgan fingerprint density at radius 2 is 1.86 bits per heavy atom. The van der Waals surface area contributed by atoms with E-state index in [1.807, 2.05) is 55.6 Å². The smallest absolute Gasteiger partial charge is 0.224 e. The molecule has 2 N–H and O–H groups in total. The number of para-hydroxylation sites is 1. The minimum atomic E-state index is 0. The topological polar surface area (TPSA) is 66.0 Å². The van der Waals surface area contributed by atoms with Crippen molar-refractivity contribution < 1.29 is 9.53 Å². The quantitative estimate of drug-likeness (QED) is 0.343. The first kappa shape index (κ1) is 23.0. The van der Waals surface area contributed by atoms with Gasteiger partial charge in [-0.2, -0.15) is 0 Å². The molecule has 0 aromatic heterocycles. The van der Waals surface area contributed by atoms with Gasteiger partial charge in [-0.25, -0.2) is 0 Å². The number of carbonyl (C=O) groups excluding carboxylic acids is 1. The Morgan fingerprint density at radius 1 is 1.14 bits per heavy atom. The van der Waals surface area contributed by atoms with Crippen molar-refractivity contribution in [3.63, 3.8) is 0 Å². The summed E-state index contributed by atoms with van der Waals surface area (Å²) in [6.45, 7) is 1.81. The van der Waals surface area contributed by atoms with E-state index < -0.39 is 0 Å². The Kier molecular flexibility index (Phi) is 9.24. The Hall–Kier alpha value is -2.29. The molecule has 0 spiro atoms. The number of benzene rings is 2. The molecule has 6 nitrogen and oxygen atoms in total. The highest BCUT2D eigenvalue weighted by atomic mass is 127. The normalized spacial score (nSPS) is 15.0. The van der Waals surface area contributed by atoms with Crippen LogP contribution in [0.4, 0.5) is 0 Å². The number of carbonyl (C=O) groups is 1. The fourth-order valence-electron chi connectivity index (χ4n) is 3.22. The van der Waals surface area contributed by atoms with Gasteiger partial charge in [-0.05, 0) is 17.2 Å². The zero-order chi connectivity index (χ0) is 19.8. The van der Waals surface area contributed by atoms with E-state index in [0.717, 1.165) is 17.7 Å². The molecule has 0 aliphatic carbocycles. The Labute approximate surface area is 189 Å². The number of halogens is 1. The van der Waals surface area contributed by atoms with E-state index in [-0.39, 0.29) is 36.0 Å². The van der Waals surface area contributed by atoms with Gasteiger partial charge in [0.1, 0.15) is 11.9 Å². The van der Waals surface area contributed by atoms with Gasteiger partial charge in [0.05, 0.1) is 6.54 Å². The second-order valence-electron chi connectivity index (χ2n) is 6.92. The van der Waals surface area contributed by atoms with Crippen LogP contribution in [0.15, 0.2) is 59.6 Å². The molecule has 1 aliphatic rings. The van der Waals surface area contributed by atoms with Gasteiger partial charge >= 0.3 is 0 Å². The number of nitrogens with zero attached hydrogens (tertiary/aromatic N) is 2. The van der Waals surface area contributed by atoms with E-state index in [0.29, 0.717) is 32.0 Å². The van der Waals surface area contributed by atoms with Crippen LogP contribution in [0.1, 0.15) is 17.5 Å². The number of rotatable bonds is 7. The van der Waals surface area contributed by atoms with Gasteiger partial charge in [-0.3, -0.25) is 9.79 Å². The predicted octanol–water partition coefficient (Wildman–Crippen LogP) is 2.82. The maximum atomic E-state index is 12.3. The van der Waals surface area contributed by atoms with Gasteiger partial charge in [-0.1, -0.05) is 48.5 Å². The van der Waals surface area contributed by atoms with Crippen LogP contribution >= 0.6 is 24.0 Å². The zero-order valence-electron chi connectivity index (χ0n) is 16.9. The second kappa shape index (κ2) is 11.6. The molecule has 0 radical (unpaired) electrons. The number of guanidine groups is 1. The van der Waals surface area contributed by atoms with Crippen LogP contribution in [0, 0.1) is 0 Å². The lowest BCUT2D eigenvalue weighted by Gasteiger charge is -2.18. The molecular weight excluding hydrogens is 479 g/mol. The fraction of sp³-hybridized carbons (Fsp3) is 0.364. The van der Waals surface area contributed by atoms with Gasteiger partial charge in [0, 0.05) is 40.0 Å². The van der Waals surface area contributed by atoms with Crippen LogP contribution in [0.5, 0.6) is 5.75 Å². The number of aliphatic imine (C=N–C) groups is 1. The van der Waals surface area contributed by atoms with Gasteiger partial charge in [-0.15, -0.1) is 24.0 Å². The molecule has 0 saturated carbocycles. The van der Waals surface area contributed by atoms with Crippen molar-refractivity contribution in [2.45, 2.75) is 25.5 Å². The monoisotopic (exact) mass is 508 g/mol. The van der Waals surface area contributed by atoms with Crippen LogP contribution in [0.2, 0.25) is 0 Å². The van der Waals surface area contributed by atoms with Crippen LogP contribution in [-0.4, -0.2) is 50.1 Å². The third kappa shape index (κ3) is 6.92. The summed E-state index contributed by atoms with van der Waals surface area (Å²) in [6.07, 6.45) is 1.40. The third-order valence-electron chi connectivity index (χ3n) is 4.75. The molecule has 0 saturated heterocycles. The van der Waals surface area contributed by atoms with E-state index in [4.69, 9.17) is 4.74 Å². The van der Waals surface area contributed by atoms with Gasteiger partial charge < -0.3 is 20.3 Å². The molecule has 29 heavy (non-hydrogen) atoms. The molecule has 1 aliphatic heterocycles. The van der Waals surface area contributed by atoms with Crippen LogP contribution < -0.4 is 15.4 Å². The molecule has 156 valence electrons. The molecule has 1 heterocycles. The summed E-state index contributed by atoms with van der Waals surface area (Å²) in [6, 6.07) is 18.1. The maximum Gasteiger partial charge on any atom is 0.224 e. The van der Waals surface area contributed by atoms with Crippen LogP contribution in [-0.2, 0) is 17.8 Å². The van der Waals surface area contributed by atoms with Crippen molar-refractivity contribution in [2.75, 3.05) is 27.2 Å². The number of ether oxygens (including phenoxy) is 1. The molecule has 1 atom stereocenters. The zero-order valence-corrected chi connectivity index (χ0v) is 19.3. The van der Waals surface area contributed by atoms with Crippen LogP contribution in [0.3, 0.4) is 0 Å². The summed E-state index contributed by atoms with van der Waals surface area (Å²) in [4.78, 5) is 18.3. The van der Waals surface area contributed by atoms with Gasteiger partial charge in [0.2, 0.25) is 5.91 Å². The second-order valence-corrected chi connectivity index (χ2v) is 6.92. The summed E-state index contributed by atoms with van der Waals surface area (Å²) in [5.74, 6) is 1.74. The summed E-state index contributed by atoms with van der Waals surface area (Å²) in [5, 5.41) is 6.48. The van der Waals surface area contributed by atoms with E-state index in [1.54, 1.807) is 11.9 Å². The molecule has 1 amide bonds. The van der Waals surface area contributed by atoms with Gasteiger partial charge in [0.25, 0.3) is 0 Å². The van der Waals surface area contributed by atoms with Crippen LogP contribution in [0.25, 0.3) is 0 Å². The first-order chi connectivity index (χ1) is 13.7. The predicted molar refractivity (Wildman–Crippen MR) is 127 cm³/mol. The molecule has 2 aromatic rings. The average molecular weight is 508 g/mol. The molecule has 2 aromatic carbocycles. The third-order valence-corrected chi connectivity index (χ3v) is 4.75. The molecule has 3 rings (SSSR count). The summed E-state index contributed by atoms with van der Waals surface area (Å²) < 4.78 is 5.93. The fourth-order valence-corrected chi connectivity index (χ4v) is 3.22. The molecule has 0 bridgehead atoms. The van der Waals surface area contributed by atoms with Crippen molar-refractivity contribution in [1.29, 1.82) is 0 Å². The van der Waals surface area contributed by atoms with E-state index in [1.165, 1.54) is 5.56 Å². The number of hydrogen-bond acceptors (Lipinski definition) is 3. The highest BCUT2D eigenvalue weighted by Crippen LogP contribution is 2.27. The van der Waals surface area contributed by atoms with E-state index >= 15 is 0 Å². The lowest BCUT2D eigenvalue weighted by Crippen LogP contribution is -2.43. The number of nitrogens with one attached hydrogen (secondary N) is 2. The lowest BCUT2D eigenvalue weighted by molar-refractivity contribution is -0.130. The Balaban J connectivity index is 0.00000300. The summed E-state index contributed by atoms with van der Waals surface area (Å²) >= 11 is 0. The van der Waals surface area contributed by atoms with Gasteiger partial charge in [0.15, 0.2) is 5.96 Å². The van der Waals surface area contributed by atoms with Crippen molar-refractivity contribution in [3.05, 3.63) is 65.7 Å². The maximum absolute atomic E-state index is 12.3. The Morgan fingerprint density at radius 3 is 2.59 bits per heavy atom. The minimum absolute atomic E-state index is 0. The largest absolute Gasteiger partial charge is 0.488 e. The lowest BCUT2D eigenvalue weighted by atomic mass is 10.1.